The van der Waals surface area contributed by atoms with Gasteiger partial charge in [-0.3, -0.25) is 0 Å². The van der Waals surface area contributed by atoms with Crippen molar-refractivity contribution in [3.8, 4) is 55.6 Å². The number of hydrogen-bond acceptors (Lipinski definition) is 0. The van der Waals surface area contributed by atoms with Crippen molar-refractivity contribution in [3.05, 3.63) is 206 Å². The molecule has 0 atom stereocenters. The van der Waals surface area contributed by atoms with Gasteiger partial charge in [0.1, 0.15) is 0 Å². The standard InChI is InChI=1S/C54H34.C2H6.2CH4/c1-3-15-36(16-4-1)41-23-11-12-24-43(41)51-34-52(44-25-13-21-37-19-9-10-22-42(37)44)48-30-28-45-49(38-17-5-2-6-18-38)33-50(46-29-31-47(51)54(48)53(45)46)40-27-26-35-14-7-8-20-39(35)32-40;1-2;;/h1-34H;1-2H3;2*1H4. The van der Waals surface area contributed by atoms with Gasteiger partial charge in [0.2, 0.25) is 0 Å². The molecule has 0 radical (unpaired) electrons. The molecule has 11 rings (SSSR count). The van der Waals surface area contributed by atoms with Gasteiger partial charge in [0.25, 0.3) is 0 Å². The predicted molar refractivity (Wildman–Crippen MR) is 257 cm³/mol. The lowest BCUT2D eigenvalue weighted by molar-refractivity contribution is 1.50. The first-order chi connectivity index (χ1) is 27.8. The van der Waals surface area contributed by atoms with Gasteiger partial charge in [-0.25, -0.2) is 0 Å². The van der Waals surface area contributed by atoms with Gasteiger partial charge in [-0.2, -0.15) is 0 Å². The molecule has 0 N–H and O–H groups in total. The summed E-state index contributed by atoms with van der Waals surface area (Å²) in [6.07, 6.45) is 0. The normalized spacial score (nSPS) is 11.0. The molecule has 0 aliphatic carbocycles. The fraction of sp³-hybridized carbons (Fsp3) is 0.0690. The van der Waals surface area contributed by atoms with Crippen LogP contribution in [0.5, 0.6) is 0 Å². The topological polar surface area (TPSA) is 0 Å². The maximum Gasteiger partial charge on any atom is -0.00139 e. The van der Waals surface area contributed by atoms with Crippen LogP contribution in [0.25, 0.3) is 109 Å². The highest BCUT2D eigenvalue weighted by atomic mass is 14.3. The van der Waals surface area contributed by atoms with Gasteiger partial charge in [-0.05, 0) is 128 Å². The molecule has 58 heavy (non-hydrogen) atoms. The van der Waals surface area contributed by atoms with Crippen molar-refractivity contribution in [2.24, 2.45) is 0 Å². The van der Waals surface area contributed by atoms with Crippen LogP contribution in [0, 0.1) is 0 Å². The Morgan fingerprint density at radius 1 is 0.224 bits per heavy atom. The lowest BCUT2D eigenvalue weighted by atomic mass is 9.80. The van der Waals surface area contributed by atoms with Crippen LogP contribution in [0.15, 0.2) is 206 Å². The van der Waals surface area contributed by atoms with Gasteiger partial charge in [-0.15, -0.1) is 0 Å². The van der Waals surface area contributed by atoms with E-state index in [1.165, 1.54) is 109 Å². The summed E-state index contributed by atoms with van der Waals surface area (Å²) in [7, 11) is 0. The molecule has 0 nitrogen and oxygen atoms in total. The molecule has 11 aromatic rings. The fourth-order valence-electron chi connectivity index (χ4n) is 8.94. The molecule has 0 bridgehead atoms. The van der Waals surface area contributed by atoms with Crippen LogP contribution in [0.1, 0.15) is 28.7 Å². The molecule has 0 amide bonds. The number of hydrogen-bond donors (Lipinski definition) is 0. The monoisotopic (exact) mass is 744 g/mol. The number of fused-ring (bicyclic) bond motifs is 2. The summed E-state index contributed by atoms with van der Waals surface area (Å²) in [5, 5.41) is 12.7. The van der Waals surface area contributed by atoms with Crippen LogP contribution in [0.2, 0.25) is 0 Å². The molecule has 0 saturated heterocycles. The molecular formula is C58H48. The molecule has 0 heteroatoms. The third-order valence-electron chi connectivity index (χ3n) is 11.4. The van der Waals surface area contributed by atoms with Crippen LogP contribution < -0.4 is 0 Å². The smallest absolute Gasteiger partial charge is 0.00139 e. The number of rotatable bonds is 5. The maximum atomic E-state index is 2.47. The van der Waals surface area contributed by atoms with E-state index in [2.05, 4.69) is 206 Å². The molecule has 0 unspecified atom stereocenters. The van der Waals surface area contributed by atoms with E-state index in [0.717, 1.165) is 0 Å². The molecule has 11 aromatic carbocycles. The van der Waals surface area contributed by atoms with E-state index in [1.54, 1.807) is 0 Å². The van der Waals surface area contributed by atoms with Gasteiger partial charge in [0, 0.05) is 0 Å². The van der Waals surface area contributed by atoms with E-state index in [4.69, 9.17) is 0 Å². The minimum absolute atomic E-state index is 0. The van der Waals surface area contributed by atoms with Gasteiger partial charge in [-0.1, -0.05) is 217 Å². The van der Waals surface area contributed by atoms with E-state index in [0.29, 0.717) is 0 Å². The van der Waals surface area contributed by atoms with Crippen LogP contribution in [0.4, 0.5) is 0 Å². The van der Waals surface area contributed by atoms with E-state index in [9.17, 15) is 0 Å². The molecule has 280 valence electrons. The van der Waals surface area contributed by atoms with Crippen molar-refractivity contribution < 1.29 is 0 Å². The average Bonchev–Trinajstić information content (AvgIpc) is 3.29. The van der Waals surface area contributed by atoms with Crippen molar-refractivity contribution in [2.75, 3.05) is 0 Å². The summed E-state index contributed by atoms with van der Waals surface area (Å²) < 4.78 is 0. The molecule has 0 aromatic heterocycles. The largest absolute Gasteiger partial charge is 0.0776 e. The Labute approximate surface area is 343 Å². The van der Waals surface area contributed by atoms with Gasteiger partial charge in [0.15, 0.2) is 0 Å². The van der Waals surface area contributed by atoms with Crippen molar-refractivity contribution in [1.29, 1.82) is 0 Å². The second-order valence-electron chi connectivity index (χ2n) is 14.4. The Morgan fingerprint density at radius 2 is 0.655 bits per heavy atom. The quantitative estimate of drug-likeness (QED) is 0.154. The van der Waals surface area contributed by atoms with Crippen molar-refractivity contribution in [2.45, 2.75) is 28.7 Å². The third kappa shape index (κ3) is 6.19. The van der Waals surface area contributed by atoms with Gasteiger partial charge >= 0.3 is 0 Å². The molecular weight excluding hydrogens is 697 g/mol. The Balaban J connectivity index is 0.00000116. The van der Waals surface area contributed by atoms with Crippen LogP contribution in [0.3, 0.4) is 0 Å². The zero-order valence-corrected chi connectivity index (χ0v) is 31.6. The average molecular weight is 745 g/mol. The first kappa shape index (κ1) is 37.9. The fourth-order valence-corrected chi connectivity index (χ4v) is 8.94. The van der Waals surface area contributed by atoms with Crippen molar-refractivity contribution >= 4 is 53.9 Å². The minimum Gasteiger partial charge on any atom is -0.0776 e. The molecule has 0 heterocycles. The van der Waals surface area contributed by atoms with Crippen molar-refractivity contribution in [1.82, 2.24) is 0 Å². The zero-order valence-electron chi connectivity index (χ0n) is 31.6. The summed E-state index contributed by atoms with van der Waals surface area (Å²) in [4.78, 5) is 0. The Bertz CT molecular complexity index is 3180. The highest BCUT2D eigenvalue weighted by Gasteiger charge is 2.22. The second-order valence-corrected chi connectivity index (χ2v) is 14.4. The lowest BCUT2D eigenvalue weighted by Gasteiger charge is -2.22. The van der Waals surface area contributed by atoms with Crippen LogP contribution in [-0.4, -0.2) is 0 Å². The van der Waals surface area contributed by atoms with Gasteiger partial charge in [0.05, 0.1) is 0 Å². The maximum absolute atomic E-state index is 2.47. The van der Waals surface area contributed by atoms with Crippen LogP contribution in [-0.2, 0) is 0 Å². The summed E-state index contributed by atoms with van der Waals surface area (Å²) >= 11 is 0. The van der Waals surface area contributed by atoms with Gasteiger partial charge < -0.3 is 0 Å². The molecule has 0 aliphatic rings. The molecule has 0 spiro atoms. The summed E-state index contributed by atoms with van der Waals surface area (Å²) in [6.45, 7) is 4.00. The highest BCUT2D eigenvalue weighted by Crippen LogP contribution is 2.50. The minimum atomic E-state index is 0. The van der Waals surface area contributed by atoms with Crippen LogP contribution >= 0.6 is 0 Å². The first-order valence-electron chi connectivity index (χ1n) is 19.8. The highest BCUT2D eigenvalue weighted by molar-refractivity contribution is 6.32. The van der Waals surface area contributed by atoms with E-state index in [-0.39, 0.29) is 14.9 Å². The number of benzene rings is 11. The molecule has 0 aliphatic heterocycles. The van der Waals surface area contributed by atoms with E-state index in [1.807, 2.05) is 13.8 Å². The summed E-state index contributed by atoms with van der Waals surface area (Å²) in [5.41, 5.74) is 12.4. The molecule has 0 fully saturated rings. The Kier molecular flexibility index (Phi) is 10.4. The third-order valence-corrected chi connectivity index (χ3v) is 11.4. The summed E-state index contributed by atoms with van der Waals surface area (Å²) in [5.74, 6) is 0. The Morgan fingerprint density at radius 3 is 1.31 bits per heavy atom. The lowest BCUT2D eigenvalue weighted by Crippen LogP contribution is -1.95. The Hall–Kier alpha value is -7.02. The second kappa shape index (κ2) is 15.8. The first-order valence-corrected chi connectivity index (χ1v) is 19.8. The SMILES string of the molecule is C.C.CC.c1ccc(-c2ccccc2-c2cc(-c3cccc4ccccc34)c3ccc4c(-c5ccccc5)cc(-c5ccc6ccccc6c5)c5ccc2c3c45)cc1. The van der Waals surface area contributed by atoms with E-state index >= 15 is 0 Å². The predicted octanol–water partition coefficient (Wildman–Crippen LogP) is 17.5. The van der Waals surface area contributed by atoms with Crippen molar-refractivity contribution in [3.63, 3.8) is 0 Å². The summed E-state index contributed by atoms with van der Waals surface area (Å²) in [6, 6.07) is 76.2. The van der Waals surface area contributed by atoms with E-state index < -0.39 is 0 Å². The molecule has 0 saturated carbocycles. The zero-order chi connectivity index (χ0) is 37.6.